The topological polar surface area (TPSA) is 27.1 Å². The van der Waals surface area contributed by atoms with Gasteiger partial charge in [-0.2, -0.15) is 0 Å². The van der Waals surface area contributed by atoms with Crippen LogP contribution in [-0.4, -0.2) is 24.1 Å². The molecule has 6 aromatic rings. The van der Waals surface area contributed by atoms with E-state index in [4.69, 9.17) is 9.72 Å². The normalized spacial score (nSPS) is 12.1. The van der Waals surface area contributed by atoms with E-state index in [1.807, 2.05) is 30.3 Å². The van der Waals surface area contributed by atoms with E-state index in [9.17, 15) is 0 Å². The fraction of sp³-hybridized carbons (Fsp3) is 0.138. The molecule has 0 saturated carbocycles. The van der Waals surface area contributed by atoms with Gasteiger partial charge in [-0.1, -0.05) is 0 Å². The molecule has 3 nitrogen and oxygen atoms in total. The molecular weight excluding hydrogens is 551 g/mol. The van der Waals surface area contributed by atoms with Crippen molar-refractivity contribution in [2.75, 3.05) is 0 Å². The Morgan fingerprint density at radius 1 is 0.794 bits per heavy atom. The van der Waals surface area contributed by atoms with Crippen LogP contribution in [0.4, 0.5) is 0 Å². The number of halogens is 1. The number of fused-ring (bicyclic) bond motifs is 4. The van der Waals surface area contributed by atoms with E-state index < -0.39 is 0 Å². The number of aromatic nitrogens is 2. The fourth-order valence-corrected chi connectivity index (χ4v) is 6.62. The molecule has 0 saturated heterocycles. The van der Waals surface area contributed by atoms with E-state index in [2.05, 4.69) is 94.7 Å². The molecule has 3 heterocycles. The summed E-state index contributed by atoms with van der Waals surface area (Å²) >= 11 is 3.79. The number of ether oxygens (including phenoxy) is 1. The van der Waals surface area contributed by atoms with Crippen LogP contribution >= 0.6 is 15.9 Å². The van der Waals surface area contributed by atoms with Crippen LogP contribution in [0.3, 0.4) is 0 Å². The molecule has 3 aromatic heterocycles. The second kappa shape index (κ2) is 8.13. The number of rotatable bonds is 3. The number of nitrogens with zero attached hydrogens (tertiary/aromatic N) is 2. The first kappa shape index (κ1) is 21.7. The minimum atomic E-state index is 0.0280. The van der Waals surface area contributed by atoms with Gasteiger partial charge < -0.3 is 0 Å². The third kappa shape index (κ3) is 3.69. The monoisotopic (exact) mass is 574 g/mol. The number of pyridine rings is 1. The Morgan fingerprint density at radius 2 is 1.59 bits per heavy atom. The van der Waals surface area contributed by atoms with Gasteiger partial charge in [-0.15, -0.1) is 0 Å². The van der Waals surface area contributed by atoms with Crippen LogP contribution in [0.5, 0.6) is 11.5 Å². The Kier molecular flexibility index (Phi) is 5.18. The van der Waals surface area contributed by atoms with E-state index in [1.54, 1.807) is 0 Å². The van der Waals surface area contributed by atoms with E-state index in [0.29, 0.717) is 0 Å². The molecule has 0 atom stereocenters. The second-order valence-electron chi connectivity index (χ2n) is 9.51. The average molecular weight is 574 g/mol. The Labute approximate surface area is 212 Å². The van der Waals surface area contributed by atoms with Crippen LogP contribution < -0.4 is 4.74 Å². The molecule has 34 heavy (non-hydrogen) atoms. The Morgan fingerprint density at radius 3 is 2.41 bits per heavy atom. The zero-order valence-corrected chi connectivity index (χ0v) is 22.5. The first-order valence-corrected chi connectivity index (χ1v) is 13.9. The van der Waals surface area contributed by atoms with Crippen molar-refractivity contribution in [3.05, 3.63) is 93.8 Å². The Hall–Kier alpha value is -2.85. The van der Waals surface area contributed by atoms with Gasteiger partial charge in [0.1, 0.15) is 0 Å². The summed E-state index contributed by atoms with van der Waals surface area (Å²) in [5, 5.41) is 3.71. The summed E-state index contributed by atoms with van der Waals surface area (Å²) in [4.78, 5) is 7.45. The van der Waals surface area contributed by atoms with Crippen molar-refractivity contribution in [1.29, 1.82) is 0 Å². The van der Waals surface area contributed by atoms with Gasteiger partial charge in [0.2, 0.25) is 0 Å². The molecule has 0 aliphatic carbocycles. The van der Waals surface area contributed by atoms with Gasteiger partial charge >= 0.3 is 214 Å². The van der Waals surface area contributed by atoms with E-state index >= 15 is 0 Å². The van der Waals surface area contributed by atoms with Gasteiger partial charge in [-0.25, -0.2) is 0 Å². The van der Waals surface area contributed by atoms with Gasteiger partial charge in [0, 0.05) is 0 Å². The Bertz CT molecular complexity index is 1690. The van der Waals surface area contributed by atoms with Crippen LogP contribution in [0, 0.1) is 0 Å². The van der Waals surface area contributed by atoms with E-state index in [1.165, 1.54) is 26.1 Å². The minimum absolute atomic E-state index is 0.0280. The summed E-state index contributed by atoms with van der Waals surface area (Å²) < 4.78 is 10.7. The maximum atomic E-state index is 6.24. The van der Waals surface area contributed by atoms with Gasteiger partial charge in [0.05, 0.1) is 0 Å². The van der Waals surface area contributed by atoms with Crippen molar-refractivity contribution in [2.24, 2.45) is 0 Å². The molecule has 3 aromatic carbocycles. The van der Waals surface area contributed by atoms with Crippen molar-refractivity contribution in [3.8, 4) is 17.3 Å². The number of benzene rings is 3. The second-order valence-corrected chi connectivity index (χ2v) is 12.3. The van der Waals surface area contributed by atoms with Crippen LogP contribution in [0.25, 0.3) is 37.4 Å². The third-order valence-corrected chi connectivity index (χ3v) is 8.32. The van der Waals surface area contributed by atoms with Crippen LogP contribution in [0.15, 0.2) is 88.3 Å². The number of hydrogen-bond acceptors (Lipinski definition) is 2. The molecule has 0 bridgehead atoms. The summed E-state index contributed by atoms with van der Waals surface area (Å²) in [5.74, 6) is 2.58. The molecule has 0 unspecified atom stereocenters. The third-order valence-electron chi connectivity index (χ3n) is 6.14. The zero-order chi connectivity index (χ0) is 23.4. The summed E-state index contributed by atoms with van der Waals surface area (Å²) in [6.45, 7) is 6.84. The summed E-state index contributed by atoms with van der Waals surface area (Å²) in [6.07, 6.45) is 0. The molecule has 0 aliphatic heterocycles. The van der Waals surface area contributed by atoms with Gasteiger partial charge in [-0.05, 0) is 0 Å². The molecule has 0 spiro atoms. The molecule has 0 N–H and O–H groups in total. The standard InChI is InChI=1S/C29H23BrN2OSe/c1-29(2,3)24-17-27(31-28-23(24)13-14-34-28)32-25-10-5-4-9-21(25)22-12-11-20(16-26(22)32)33-19-8-6-7-18(30)15-19/h4-17H,1-3H3. The first-order valence-electron chi connectivity index (χ1n) is 11.2. The predicted octanol–water partition coefficient (Wildman–Crippen LogP) is 8.24. The molecule has 0 amide bonds. The van der Waals surface area contributed by atoms with Crippen molar-refractivity contribution < 1.29 is 4.74 Å². The van der Waals surface area contributed by atoms with Crippen LogP contribution in [0.1, 0.15) is 26.3 Å². The quantitative estimate of drug-likeness (QED) is 0.199. The fourth-order valence-electron chi connectivity index (χ4n) is 4.60. The van der Waals surface area contributed by atoms with E-state index in [0.717, 1.165) is 32.8 Å². The molecule has 6 rings (SSSR count). The van der Waals surface area contributed by atoms with E-state index in [-0.39, 0.29) is 19.9 Å². The average Bonchev–Trinajstić information content (AvgIpc) is 3.40. The Balaban J connectivity index is 1.62. The maximum absolute atomic E-state index is 6.24. The SMILES string of the molecule is CC(C)(C)c1cc(-n2c3ccccc3c3ccc(Oc4cccc(Br)c4)cc32)nc2[se]ccc12. The summed E-state index contributed by atoms with van der Waals surface area (Å²) in [6, 6.07) is 27.3. The van der Waals surface area contributed by atoms with Crippen molar-refractivity contribution in [3.63, 3.8) is 0 Å². The van der Waals surface area contributed by atoms with Crippen LogP contribution in [0.2, 0.25) is 0 Å². The molecule has 0 aliphatic rings. The summed E-state index contributed by atoms with van der Waals surface area (Å²) in [7, 11) is 0. The van der Waals surface area contributed by atoms with Crippen molar-refractivity contribution in [1.82, 2.24) is 9.55 Å². The zero-order valence-electron chi connectivity index (χ0n) is 19.2. The molecule has 0 fully saturated rings. The summed E-state index contributed by atoms with van der Waals surface area (Å²) in [5.41, 5.74) is 3.62. The van der Waals surface area contributed by atoms with Gasteiger partial charge in [0.25, 0.3) is 0 Å². The number of para-hydroxylation sites is 1. The van der Waals surface area contributed by atoms with Gasteiger partial charge in [-0.3, -0.25) is 0 Å². The molecule has 0 radical (unpaired) electrons. The van der Waals surface area contributed by atoms with Gasteiger partial charge in [0.15, 0.2) is 0 Å². The van der Waals surface area contributed by atoms with Crippen molar-refractivity contribution >= 4 is 62.0 Å². The molecular formula is C29H23BrN2OSe. The molecule has 5 heteroatoms. The first-order chi connectivity index (χ1) is 16.4. The molecule has 168 valence electrons. The van der Waals surface area contributed by atoms with Crippen LogP contribution in [-0.2, 0) is 5.41 Å². The predicted molar refractivity (Wildman–Crippen MR) is 146 cm³/mol. The van der Waals surface area contributed by atoms with Crippen molar-refractivity contribution in [2.45, 2.75) is 26.2 Å². The number of hydrogen-bond donors (Lipinski definition) is 0.